The second-order valence-electron chi connectivity index (χ2n) is 7.81. The van der Waals surface area contributed by atoms with E-state index >= 15 is 0 Å². The van der Waals surface area contributed by atoms with Crippen molar-refractivity contribution in [3.8, 4) is 0 Å². The highest BCUT2D eigenvalue weighted by Gasteiger charge is 2.33. The van der Waals surface area contributed by atoms with E-state index in [1.165, 1.54) is 36.4 Å². The van der Waals surface area contributed by atoms with Gasteiger partial charge in [0.2, 0.25) is 0 Å². The Balaban J connectivity index is 1.75. The van der Waals surface area contributed by atoms with Gasteiger partial charge in [0.05, 0.1) is 22.9 Å². The summed E-state index contributed by atoms with van der Waals surface area (Å²) in [5, 5.41) is 0.313. The van der Waals surface area contributed by atoms with E-state index < -0.39 is 20.0 Å². The molecular formula is C24H28N4O4S4. The first-order valence-corrected chi connectivity index (χ1v) is 14.8. The summed E-state index contributed by atoms with van der Waals surface area (Å²) in [6, 6.07) is 16.2. The second kappa shape index (κ2) is 12.0. The van der Waals surface area contributed by atoms with Gasteiger partial charge in [-0.05, 0) is 48.7 Å². The molecule has 1 aliphatic heterocycles. The molecule has 0 atom stereocenters. The van der Waals surface area contributed by atoms with Gasteiger partial charge in [-0.3, -0.25) is 0 Å². The van der Waals surface area contributed by atoms with Gasteiger partial charge in [0.1, 0.15) is 0 Å². The molecule has 192 valence electrons. The lowest BCUT2D eigenvalue weighted by atomic mass is 10.3. The van der Waals surface area contributed by atoms with Crippen molar-refractivity contribution in [2.45, 2.75) is 9.79 Å². The maximum absolute atomic E-state index is 13.2. The number of benzene rings is 2. The maximum Gasteiger partial charge on any atom is 0.266 e. The second-order valence-corrected chi connectivity index (χ2v) is 12.3. The summed E-state index contributed by atoms with van der Waals surface area (Å²) < 4.78 is 55.3. The van der Waals surface area contributed by atoms with Gasteiger partial charge in [-0.1, -0.05) is 48.6 Å². The van der Waals surface area contributed by atoms with Crippen LogP contribution in [0.4, 0.5) is 0 Å². The fourth-order valence-corrected chi connectivity index (χ4v) is 7.50. The Morgan fingerprint density at radius 2 is 1.00 bits per heavy atom. The summed E-state index contributed by atoms with van der Waals surface area (Å²) in [6.07, 6.45) is 2.97. The van der Waals surface area contributed by atoms with Crippen molar-refractivity contribution in [2.75, 3.05) is 39.3 Å². The van der Waals surface area contributed by atoms with Gasteiger partial charge in [0.25, 0.3) is 20.0 Å². The van der Waals surface area contributed by atoms with Gasteiger partial charge in [-0.25, -0.2) is 25.4 Å². The summed E-state index contributed by atoms with van der Waals surface area (Å²) in [7, 11) is -7.74. The smallest absolute Gasteiger partial charge is 0.266 e. The van der Waals surface area contributed by atoms with Crippen molar-refractivity contribution in [3.05, 3.63) is 86.0 Å². The minimum Gasteiger partial charge on any atom is -0.345 e. The van der Waals surface area contributed by atoms with Crippen molar-refractivity contribution in [2.24, 2.45) is 0 Å². The molecule has 0 radical (unpaired) electrons. The third-order valence-corrected chi connectivity index (χ3v) is 10.2. The first-order chi connectivity index (χ1) is 17.1. The number of thiocarbonyl (C=S) groups is 2. The molecule has 0 saturated carbocycles. The summed E-state index contributed by atoms with van der Waals surface area (Å²) in [6.45, 7) is 8.86. The Bertz CT molecular complexity index is 1200. The molecule has 0 unspecified atom stereocenters. The van der Waals surface area contributed by atoms with Crippen LogP contribution in [0.3, 0.4) is 0 Å². The largest absolute Gasteiger partial charge is 0.345 e. The zero-order chi connectivity index (χ0) is 26.3. The fraction of sp³-hybridized carbons (Fsp3) is 0.250. The standard InChI is InChI=1S/C24H28N4O4S4/c1-3-15-27(35(29,30)21-11-7-5-8-12-21)23(33)25-17-19-26(20-18-25)24(34)28(16-4-2)36(31,32)22-13-9-6-10-14-22/h3-14H,1-2,15-20H2. The quantitative estimate of drug-likeness (QED) is 0.358. The monoisotopic (exact) mass is 564 g/mol. The Hall–Kier alpha value is -2.80. The molecule has 0 amide bonds. The Kier molecular flexibility index (Phi) is 9.23. The molecule has 0 aromatic heterocycles. The van der Waals surface area contributed by atoms with Crippen molar-refractivity contribution in [1.82, 2.24) is 18.4 Å². The predicted molar refractivity (Wildman–Crippen MR) is 149 cm³/mol. The third kappa shape index (κ3) is 5.94. The molecule has 1 fully saturated rings. The molecule has 0 spiro atoms. The van der Waals surface area contributed by atoms with Crippen LogP contribution >= 0.6 is 24.4 Å². The number of nitrogens with zero attached hydrogens (tertiary/aromatic N) is 4. The van der Waals surface area contributed by atoms with E-state index in [9.17, 15) is 16.8 Å². The summed E-state index contributed by atoms with van der Waals surface area (Å²) in [5.41, 5.74) is 0. The van der Waals surface area contributed by atoms with E-state index in [2.05, 4.69) is 13.2 Å². The molecule has 2 aromatic carbocycles. The Labute approximate surface area is 224 Å². The van der Waals surface area contributed by atoms with Crippen LogP contribution in [0, 0.1) is 0 Å². The predicted octanol–water partition coefficient (Wildman–Crippen LogP) is 2.93. The number of hydrogen-bond donors (Lipinski definition) is 0. The zero-order valence-electron chi connectivity index (χ0n) is 19.6. The number of rotatable bonds is 8. The van der Waals surface area contributed by atoms with Gasteiger partial charge in [0, 0.05) is 26.2 Å². The van der Waals surface area contributed by atoms with Crippen LogP contribution in [0.2, 0.25) is 0 Å². The summed E-state index contributed by atoms with van der Waals surface area (Å²) in [4.78, 5) is 3.84. The van der Waals surface area contributed by atoms with Gasteiger partial charge in [-0.2, -0.15) is 0 Å². The first kappa shape index (κ1) is 27.8. The van der Waals surface area contributed by atoms with E-state index in [0.717, 1.165) is 8.61 Å². The van der Waals surface area contributed by atoms with Crippen LogP contribution < -0.4 is 0 Å². The number of sulfonamides is 2. The van der Waals surface area contributed by atoms with E-state index in [0.29, 0.717) is 26.2 Å². The normalized spacial score (nSPS) is 14.1. The molecular weight excluding hydrogens is 537 g/mol. The van der Waals surface area contributed by atoms with E-state index in [1.807, 2.05) is 0 Å². The molecule has 0 aliphatic carbocycles. The van der Waals surface area contributed by atoms with E-state index in [4.69, 9.17) is 24.4 Å². The highest BCUT2D eigenvalue weighted by Crippen LogP contribution is 2.21. The van der Waals surface area contributed by atoms with Crippen LogP contribution in [0.5, 0.6) is 0 Å². The highest BCUT2D eigenvalue weighted by molar-refractivity contribution is 7.91. The van der Waals surface area contributed by atoms with Crippen molar-refractivity contribution in [3.63, 3.8) is 0 Å². The van der Waals surface area contributed by atoms with E-state index in [-0.39, 0.29) is 33.1 Å². The van der Waals surface area contributed by atoms with Gasteiger partial charge >= 0.3 is 0 Å². The van der Waals surface area contributed by atoms with Crippen LogP contribution in [-0.2, 0) is 20.0 Å². The van der Waals surface area contributed by atoms with E-state index in [1.54, 1.807) is 46.2 Å². The molecule has 36 heavy (non-hydrogen) atoms. The minimum atomic E-state index is -3.87. The van der Waals surface area contributed by atoms with Gasteiger partial charge < -0.3 is 9.80 Å². The number of hydrogen-bond acceptors (Lipinski definition) is 6. The molecule has 2 aromatic rings. The summed E-state index contributed by atoms with van der Waals surface area (Å²) >= 11 is 11.2. The number of piperazine rings is 1. The lowest BCUT2D eigenvalue weighted by Crippen LogP contribution is -2.57. The average molecular weight is 565 g/mol. The third-order valence-electron chi connectivity index (χ3n) is 5.50. The minimum absolute atomic E-state index is 0.0249. The Morgan fingerprint density at radius 1 is 0.694 bits per heavy atom. The molecule has 3 rings (SSSR count). The molecule has 0 N–H and O–H groups in total. The lowest BCUT2D eigenvalue weighted by Gasteiger charge is -2.41. The average Bonchev–Trinajstić information content (AvgIpc) is 2.90. The molecule has 1 saturated heterocycles. The van der Waals surface area contributed by atoms with Gasteiger partial charge in [0.15, 0.2) is 10.2 Å². The highest BCUT2D eigenvalue weighted by atomic mass is 32.2. The molecule has 0 bridgehead atoms. The van der Waals surface area contributed by atoms with Gasteiger partial charge in [-0.15, -0.1) is 13.2 Å². The zero-order valence-corrected chi connectivity index (χ0v) is 22.9. The van der Waals surface area contributed by atoms with Crippen molar-refractivity contribution < 1.29 is 16.8 Å². The van der Waals surface area contributed by atoms with Crippen LogP contribution in [0.15, 0.2) is 95.8 Å². The topological polar surface area (TPSA) is 81.2 Å². The van der Waals surface area contributed by atoms with Crippen LogP contribution in [-0.4, -0.2) is 84.7 Å². The molecule has 1 aliphatic rings. The fourth-order valence-electron chi connectivity index (χ4n) is 3.64. The lowest BCUT2D eigenvalue weighted by molar-refractivity contribution is 0.242. The summed E-state index contributed by atoms with van der Waals surface area (Å²) in [5.74, 6) is 0. The molecule has 12 heteroatoms. The van der Waals surface area contributed by atoms with Crippen LogP contribution in [0.1, 0.15) is 0 Å². The Morgan fingerprint density at radius 3 is 1.28 bits per heavy atom. The molecule has 1 heterocycles. The first-order valence-electron chi connectivity index (χ1n) is 11.1. The van der Waals surface area contributed by atoms with Crippen molar-refractivity contribution in [1.29, 1.82) is 0 Å². The SMILES string of the molecule is C=CCN(C(=S)N1CCN(C(=S)N(CC=C)S(=O)(=O)c2ccccc2)CC1)S(=O)(=O)c1ccccc1. The van der Waals surface area contributed by atoms with Crippen molar-refractivity contribution >= 4 is 54.7 Å². The van der Waals surface area contributed by atoms with Crippen LogP contribution in [0.25, 0.3) is 0 Å². The maximum atomic E-state index is 13.2. The molecule has 8 nitrogen and oxygen atoms in total.